The van der Waals surface area contributed by atoms with Gasteiger partial charge < -0.3 is 17.7 Å². The predicted molar refractivity (Wildman–Crippen MR) is 177 cm³/mol. The van der Waals surface area contributed by atoms with Crippen LogP contribution in [0, 0.1) is 0 Å². The average Bonchev–Trinajstić information content (AvgIpc) is 2.94. The van der Waals surface area contributed by atoms with Crippen molar-refractivity contribution in [1.29, 1.82) is 0 Å². The first-order valence-corrected chi connectivity index (χ1v) is 26.7. The highest BCUT2D eigenvalue weighted by atomic mass is 33.1. The van der Waals surface area contributed by atoms with Gasteiger partial charge in [0.2, 0.25) is 0 Å². The van der Waals surface area contributed by atoms with E-state index in [2.05, 4.69) is 77.0 Å². The van der Waals surface area contributed by atoms with Gasteiger partial charge in [-0.2, -0.15) is 0 Å². The van der Waals surface area contributed by atoms with Crippen LogP contribution in [-0.2, 0) is 17.7 Å². The van der Waals surface area contributed by atoms with E-state index in [0.29, 0.717) is 10.3 Å². The Labute approximate surface area is 238 Å². The number of hydrogen-bond donors (Lipinski definition) is 0. The summed E-state index contributed by atoms with van der Waals surface area (Å²) in [6, 6.07) is 9.54. The third-order valence-electron chi connectivity index (χ3n) is 10.0. The second kappa shape index (κ2) is 18.7. The lowest BCUT2D eigenvalue weighted by Gasteiger charge is -2.46. The Hall–Kier alpha value is 1.41. The normalized spacial score (nSPS) is 13.8. The third-order valence-corrected chi connectivity index (χ3v) is 37.9. The van der Waals surface area contributed by atoms with Crippen molar-refractivity contribution in [2.24, 2.45) is 0 Å². The average molecular weight is 615 g/mol. The first kappa shape index (κ1) is 37.4. The molecule has 0 fully saturated rings. The molecule has 0 aromatic carbocycles. The van der Waals surface area contributed by atoms with E-state index in [1.54, 1.807) is 0 Å². The van der Waals surface area contributed by atoms with E-state index < -0.39 is 33.3 Å². The van der Waals surface area contributed by atoms with E-state index in [-0.39, 0.29) is 0 Å². The SMILES string of the molecule is CC[Si](CC)(OC)C(CCSSCCC([Si](CC)(CC)OC)[Si](CC)(CC)OC)[Si](CC)(CC)OC. The lowest BCUT2D eigenvalue weighted by molar-refractivity contribution is 0.355. The molecule has 0 saturated carbocycles. The minimum atomic E-state index is -1.82. The Morgan fingerprint density at radius 2 is 0.611 bits per heavy atom. The summed E-state index contributed by atoms with van der Waals surface area (Å²) in [7, 11) is 4.82. The molecule has 0 saturated heterocycles. The predicted octanol–water partition coefficient (Wildman–Crippen LogP) is 9.49. The van der Waals surface area contributed by atoms with Crippen molar-refractivity contribution in [1.82, 2.24) is 0 Å². The largest absolute Gasteiger partial charge is 0.420 e. The molecule has 0 radical (unpaired) electrons. The Morgan fingerprint density at radius 3 is 0.750 bits per heavy atom. The first-order chi connectivity index (χ1) is 17.2. The highest BCUT2D eigenvalue weighted by molar-refractivity contribution is 8.76. The van der Waals surface area contributed by atoms with Gasteiger partial charge in [0, 0.05) is 39.9 Å². The maximum absolute atomic E-state index is 6.43. The molecule has 0 unspecified atom stereocenters. The lowest BCUT2D eigenvalue weighted by Crippen LogP contribution is -2.56. The molecule has 0 aliphatic carbocycles. The minimum Gasteiger partial charge on any atom is -0.420 e. The van der Waals surface area contributed by atoms with Crippen molar-refractivity contribution in [3.8, 4) is 0 Å². The molecule has 36 heavy (non-hydrogen) atoms. The van der Waals surface area contributed by atoms with Crippen LogP contribution in [0.15, 0.2) is 0 Å². The van der Waals surface area contributed by atoms with Gasteiger partial charge in [0.25, 0.3) is 0 Å². The van der Waals surface area contributed by atoms with Crippen LogP contribution in [0.2, 0.25) is 58.7 Å². The molecule has 0 aliphatic rings. The molecule has 10 heteroatoms. The zero-order chi connectivity index (χ0) is 27.9. The first-order valence-electron chi connectivity index (χ1n) is 14.6. The number of hydrogen-bond acceptors (Lipinski definition) is 6. The summed E-state index contributed by atoms with van der Waals surface area (Å²) in [6.45, 7) is 18.9. The second-order valence-corrected chi connectivity index (χ2v) is 32.7. The van der Waals surface area contributed by atoms with Crippen LogP contribution < -0.4 is 0 Å². The van der Waals surface area contributed by atoms with E-state index >= 15 is 0 Å². The topological polar surface area (TPSA) is 36.9 Å². The highest BCUT2D eigenvalue weighted by Crippen LogP contribution is 2.47. The molecule has 0 aromatic rings. The zero-order valence-electron chi connectivity index (χ0n) is 26.1. The van der Waals surface area contributed by atoms with E-state index in [1.807, 2.05) is 28.4 Å². The molecule has 0 heterocycles. The molecule has 0 spiro atoms. The summed E-state index contributed by atoms with van der Waals surface area (Å²) < 4.78 is 25.7. The van der Waals surface area contributed by atoms with Crippen LogP contribution in [0.5, 0.6) is 0 Å². The summed E-state index contributed by atoms with van der Waals surface area (Å²) in [6.07, 6.45) is 2.48. The Balaban J connectivity index is 5.50. The molecule has 0 amide bonds. The summed E-state index contributed by atoms with van der Waals surface area (Å²) in [5.74, 6) is 2.39. The molecular formula is C26H62O4S2Si4. The molecule has 0 aromatic heterocycles. The zero-order valence-corrected chi connectivity index (χ0v) is 31.7. The van der Waals surface area contributed by atoms with Crippen LogP contribution in [0.3, 0.4) is 0 Å². The molecule has 0 bridgehead atoms. The van der Waals surface area contributed by atoms with Gasteiger partial charge in [-0.3, -0.25) is 0 Å². The molecule has 4 nitrogen and oxygen atoms in total. The molecular weight excluding hydrogens is 553 g/mol. The van der Waals surface area contributed by atoms with Gasteiger partial charge in [-0.25, -0.2) is 0 Å². The monoisotopic (exact) mass is 614 g/mol. The lowest BCUT2D eigenvalue weighted by atomic mass is 10.5. The fourth-order valence-electron chi connectivity index (χ4n) is 7.16. The fourth-order valence-corrected chi connectivity index (χ4v) is 36.2. The second-order valence-electron chi connectivity index (χ2n) is 10.2. The van der Waals surface area contributed by atoms with Crippen molar-refractivity contribution >= 4 is 54.9 Å². The standard InChI is InChI=1S/C26H62O4S2Si4/c1-13-33(14-2,27-9)25(34(15-3,16-4)28-10)21-23-31-32-24-22-26(35(17-5,18-6)29-11)36(19-7,20-8)30-12/h25-26H,13-24H2,1-12H3. The molecule has 0 N–H and O–H groups in total. The van der Waals surface area contributed by atoms with Gasteiger partial charge in [-0.05, 0) is 71.5 Å². The molecule has 0 rings (SSSR count). The van der Waals surface area contributed by atoms with Gasteiger partial charge in [-0.1, -0.05) is 77.0 Å². The van der Waals surface area contributed by atoms with Crippen LogP contribution >= 0.6 is 21.6 Å². The van der Waals surface area contributed by atoms with Gasteiger partial charge >= 0.3 is 0 Å². The van der Waals surface area contributed by atoms with Crippen molar-refractivity contribution < 1.29 is 17.7 Å². The summed E-state index contributed by atoms with van der Waals surface area (Å²) in [5, 5.41) is 1.32. The van der Waals surface area contributed by atoms with Gasteiger partial charge in [-0.15, -0.1) is 0 Å². The van der Waals surface area contributed by atoms with E-state index in [4.69, 9.17) is 17.7 Å². The Morgan fingerprint density at radius 1 is 0.417 bits per heavy atom. The van der Waals surface area contributed by atoms with Crippen molar-refractivity contribution in [2.75, 3.05) is 39.9 Å². The molecule has 218 valence electrons. The number of rotatable bonds is 23. The van der Waals surface area contributed by atoms with Crippen LogP contribution in [0.1, 0.15) is 68.2 Å². The van der Waals surface area contributed by atoms with Crippen molar-refractivity contribution in [2.45, 2.75) is 127 Å². The molecule has 0 atom stereocenters. The van der Waals surface area contributed by atoms with E-state index in [0.717, 1.165) is 0 Å². The van der Waals surface area contributed by atoms with E-state index in [1.165, 1.54) is 72.7 Å². The fraction of sp³-hybridized carbons (Fsp3) is 1.00. The molecule has 0 aliphatic heterocycles. The maximum atomic E-state index is 6.43. The smallest absolute Gasteiger partial charge is 0.194 e. The van der Waals surface area contributed by atoms with Crippen molar-refractivity contribution in [3.63, 3.8) is 0 Å². The van der Waals surface area contributed by atoms with Crippen LogP contribution in [0.25, 0.3) is 0 Å². The highest BCUT2D eigenvalue weighted by Gasteiger charge is 2.53. The summed E-state index contributed by atoms with van der Waals surface area (Å²) in [4.78, 5) is 0. The Bertz CT molecular complexity index is 437. The van der Waals surface area contributed by atoms with Crippen LogP contribution in [0.4, 0.5) is 0 Å². The third kappa shape index (κ3) is 8.46. The summed E-state index contributed by atoms with van der Waals surface area (Å²) >= 11 is 0. The minimum absolute atomic E-state index is 0.660. The van der Waals surface area contributed by atoms with E-state index in [9.17, 15) is 0 Å². The quantitative estimate of drug-likeness (QED) is 0.0648. The summed E-state index contributed by atoms with van der Waals surface area (Å²) in [5.41, 5.74) is 0. The Kier molecular flexibility index (Phi) is 19.4. The van der Waals surface area contributed by atoms with Crippen LogP contribution in [-0.4, -0.2) is 73.2 Å². The van der Waals surface area contributed by atoms with Gasteiger partial charge in [0.05, 0.1) is 0 Å². The van der Waals surface area contributed by atoms with Gasteiger partial charge in [0.1, 0.15) is 0 Å². The van der Waals surface area contributed by atoms with Gasteiger partial charge in [0.15, 0.2) is 33.3 Å². The van der Waals surface area contributed by atoms with Crippen molar-refractivity contribution in [3.05, 3.63) is 0 Å². The maximum Gasteiger partial charge on any atom is 0.194 e.